The van der Waals surface area contributed by atoms with Gasteiger partial charge in [0.2, 0.25) is 0 Å². The van der Waals surface area contributed by atoms with E-state index in [1.807, 2.05) is 12.1 Å². The summed E-state index contributed by atoms with van der Waals surface area (Å²) in [6.07, 6.45) is 0.982. The van der Waals surface area contributed by atoms with Gasteiger partial charge in [-0.05, 0) is 319 Å². The average molecular weight is 2570 g/mol. The summed E-state index contributed by atoms with van der Waals surface area (Å²) in [7, 11) is 111. The van der Waals surface area contributed by atoms with Crippen LogP contribution in [0.25, 0.3) is 55.3 Å². The van der Waals surface area contributed by atoms with E-state index in [0.717, 1.165) is 64.5 Å². The van der Waals surface area contributed by atoms with Gasteiger partial charge in [0, 0.05) is 33.2 Å². The average Bonchev–Trinajstić information content (AvgIpc) is 0.994. The van der Waals surface area contributed by atoms with Gasteiger partial charge in [0.1, 0.15) is 11.2 Å². The smallest absolute Gasteiger partial charge is 0.136 e. The highest BCUT2D eigenvalue weighted by Crippen LogP contribution is 3.49. The van der Waals surface area contributed by atoms with Crippen LogP contribution in [0.15, 0.2) is 156 Å². The maximum Gasteiger partial charge on any atom is 0.136 e. The molecule has 0 aliphatic heterocycles. The molecule has 0 N–H and O–H groups in total. The van der Waals surface area contributed by atoms with Crippen LogP contribution >= 0.6 is 487 Å². The zero-order chi connectivity index (χ0) is 80.4. The Balaban J connectivity index is 0.000000256. The molecular weight excluding hydrogens is 2470 g/mol. The monoisotopic (exact) mass is 2570 g/mol. The molecule has 2 aliphatic carbocycles. The first-order chi connectivity index (χ1) is 51.3. The third-order valence-corrected chi connectivity index (χ3v) is 441. The molecule has 35 atom stereocenters. The van der Waals surface area contributed by atoms with Gasteiger partial charge in [0.05, 0.1) is 0 Å². The summed E-state index contributed by atoms with van der Waals surface area (Å²) >= 11 is 0. The highest BCUT2D eigenvalue weighted by Gasteiger charge is 2.62. The summed E-state index contributed by atoms with van der Waals surface area (Å²) in [5.41, 5.74) is 18.4. The molecule has 0 saturated heterocycles. The molecule has 8 aromatic rings. The van der Waals surface area contributed by atoms with E-state index in [1.165, 1.54) is 44.5 Å². The van der Waals surface area contributed by atoms with Crippen LogP contribution in [0.5, 0.6) is 0 Å². The maximum absolute atomic E-state index is 6.28. The highest BCUT2D eigenvalue weighted by molar-refractivity contribution is 9.54. The van der Waals surface area contributed by atoms with E-state index in [0.29, 0.717) is 0 Å². The van der Waals surface area contributed by atoms with Crippen LogP contribution in [-0.4, -0.2) is 0 Å². The van der Waals surface area contributed by atoms with E-state index in [1.54, 1.807) is 0 Å². The Bertz CT molecular complexity index is 4130. The molecule has 596 valence electrons. The van der Waals surface area contributed by atoms with Crippen molar-refractivity contribution in [3.8, 4) is 33.4 Å². The lowest BCUT2D eigenvalue weighted by Gasteiger charge is -2.60. The molecule has 1 heterocycles. The fourth-order valence-electron chi connectivity index (χ4n) is 11.9. The van der Waals surface area contributed by atoms with Gasteiger partial charge in [0.15, 0.2) is 0 Å². The first kappa shape index (κ1) is 113. The minimum absolute atomic E-state index is 0.0399. The van der Waals surface area contributed by atoms with Crippen molar-refractivity contribution in [1.82, 2.24) is 0 Å². The van der Waals surface area contributed by atoms with Crippen LogP contribution in [0.3, 0.4) is 0 Å². The third kappa shape index (κ3) is 29.3. The summed E-state index contributed by atoms with van der Waals surface area (Å²) in [5, 5.41) is 2.30. The highest BCUT2D eigenvalue weighted by atomic mass is 33.6. The van der Waals surface area contributed by atoms with Crippen molar-refractivity contribution >= 4 is 526 Å². The van der Waals surface area contributed by atoms with Crippen LogP contribution in [-0.2, 0) is 11.8 Å². The van der Waals surface area contributed by atoms with Crippen LogP contribution in [0.2, 0.25) is 0 Å². The lowest BCUT2D eigenvalue weighted by molar-refractivity contribution is 0.660. The van der Waals surface area contributed by atoms with Gasteiger partial charge in [-0.1, -0.05) is 119 Å². The quantitative estimate of drug-likeness (QED) is 0.0381. The van der Waals surface area contributed by atoms with Gasteiger partial charge in [-0.3, -0.25) is 0 Å². The normalized spacial score (nSPS) is 15.0. The van der Waals surface area contributed by atoms with Crippen molar-refractivity contribution in [2.24, 2.45) is 0 Å². The maximum atomic E-state index is 6.28. The number of benzene rings is 7. The molecule has 0 spiro atoms. The van der Waals surface area contributed by atoms with Crippen molar-refractivity contribution in [2.45, 2.75) is 25.7 Å². The number of fused-ring (bicyclic) bond motifs is 9. The molecule has 10 rings (SSSR count). The first-order valence-corrected chi connectivity index (χ1v) is 142. The molecule has 7 aromatic carbocycles. The Kier molecular flexibility index (Phi) is 56.5. The van der Waals surface area contributed by atoms with Crippen LogP contribution < -0.4 is 4.90 Å². The van der Waals surface area contributed by atoms with Gasteiger partial charge in [-0.15, -0.1) is 277 Å². The minimum atomic E-state index is -0.269. The lowest BCUT2D eigenvalue weighted by atomic mass is 9.82. The van der Waals surface area contributed by atoms with Gasteiger partial charge in [0.25, 0.3) is 0 Å². The lowest BCUT2D eigenvalue weighted by Crippen LogP contribution is -2.15. The number of nitrogens with zero attached hydrogens (tertiary/aromatic N) is 1. The SMILES string of the molecule is CC1(C)c2ccccc2-c2cc(N(c3cccc(-c4ccc5c(c4)oc4ccccc45)c3)c3ccc4c(c3)-c3ccccc3C4)ccc21.PPP(P(P)P)P(P(P(P)P)P(P)P)P(P(P(P(P)P)P(P)P)P(P(P)P)P(P)P)P(P(P(P(P)P)P(P)P)P(P(P)P)P(P)P)P(P(P(P)P)P(P)P)P(P(P)P)P(P)P. The number of hydrogen-bond acceptors (Lipinski definition) is 2. The molecule has 1 aromatic heterocycles. The molecule has 2 nitrogen and oxygen atoms in total. The van der Waals surface area contributed by atoms with Crippen molar-refractivity contribution in [3.05, 3.63) is 174 Å². The molecule has 2 aliphatic rings. The Labute approximate surface area is 758 Å². The Morgan fingerprint density at radius 3 is 1.11 bits per heavy atom. The van der Waals surface area contributed by atoms with Crippen molar-refractivity contribution in [2.75, 3.05) is 4.90 Å². The van der Waals surface area contributed by atoms with Gasteiger partial charge in [-0.25, -0.2) is 0 Å². The predicted octanol–water partition coefficient (Wildman–Crippen LogP) is 48.3. The molecule has 0 saturated carbocycles. The summed E-state index contributed by atoms with van der Waals surface area (Å²) < 4.78 is 6.28. The van der Waals surface area contributed by atoms with E-state index in [-0.39, 0.29) is 208 Å². The number of para-hydroxylation sites is 1. The molecule has 0 radical (unpaired) electrons. The Morgan fingerprint density at radius 1 is 0.284 bits per heavy atom. The van der Waals surface area contributed by atoms with E-state index >= 15 is 0 Å². The summed E-state index contributed by atoms with van der Waals surface area (Å²) in [4.78, 5) is 2.43. The van der Waals surface area contributed by atoms with Crippen LogP contribution in [0.1, 0.15) is 36.1 Å². The number of anilines is 3. The standard InChI is InChI=1S/C46H33NO.H63P61/c1-46(2)42-16-7-5-14-37(42)41-28-35(21-23-43(41)46)47(34-20-18-32-24-31-10-3-4-13-36(31)40(32)27-34)33-12-9-11-29(25-33)30-19-22-39-38-15-6-8-17-44(38)48-45(39)26-30;1-32-48(33(2)3)56(49(34(4)5)35(6)7)60(57(50(36(8)9)37(10)11)51(38(12)13)39(14)15)61(58(52(40(16)17)41(18)19)53(42(20)21)43(22)23)59(54(44(24)25)45(26)27)55(46(28)29)47(30)31/h3-23,25-28H,24H2,1-2H3;32H,1-31H2. The van der Waals surface area contributed by atoms with E-state index < -0.39 is 0 Å². The molecule has 0 amide bonds. The van der Waals surface area contributed by atoms with E-state index in [9.17, 15) is 0 Å². The molecule has 63 heteroatoms. The molecule has 0 fully saturated rings. The topological polar surface area (TPSA) is 16.4 Å². The van der Waals surface area contributed by atoms with E-state index in [4.69, 9.17) is 4.42 Å². The number of furan rings is 1. The second kappa shape index (κ2) is 54.6. The van der Waals surface area contributed by atoms with Crippen LogP contribution in [0, 0.1) is 0 Å². The zero-order valence-corrected chi connectivity index (χ0v) is 121. The predicted molar refractivity (Wildman–Crippen MR) is 710 cm³/mol. The zero-order valence-electron chi connectivity index (χ0n) is 58.4. The second-order valence-corrected chi connectivity index (χ2v) is 273. The largest absolute Gasteiger partial charge is 0.456 e. The van der Waals surface area contributed by atoms with Crippen molar-refractivity contribution in [1.29, 1.82) is 0 Å². The fraction of sp³-hybridized carbons (Fsp3) is 0.0870. The summed E-state index contributed by atoms with van der Waals surface area (Å²) in [6, 6.07) is 55.5. The summed E-state index contributed by atoms with van der Waals surface area (Å²) in [6.45, 7) is -1.87. The molecule has 35 unspecified atom stereocenters. The fourth-order valence-corrected chi connectivity index (χ4v) is 892. The van der Waals surface area contributed by atoms with Crippen molar-refractivity contribution in [3.63, 3.8) is 0 Å². The Hall–Kier alpha value is 20.4. The second-order valence-electron chi connectivity index (χ2n) is 23.4. The van der Waals surface area contributed by atoms with Crippen LogP contribution in [0.4, 0.5) is 17.1 Å². The third-order valence-electron chi connectivity index (χ3n) is 16.0. The Morgan fingerprint density at radius 2 is 0.642 bits per heavy atom. The first-order valence-electron chi connectivity index (χ1n) is 30.7. The molecule has 109 heavy (non-hydrogen) atoms. The molecule has 0 bridgehead atoms. The van der Waals surface area contributed by atoms with Gasteiger partial charge in [-0.2, -0.15) is 0 Å². The van der Waals surface area contributed by atoms with Crippen molar-refractivity contribution < 1.29 is 4.42 Å². The minimum Gasteiger partial charge on any atom is -0.456 e. The number of hydrogen-bond donors (Lipinski definition) is 0. The summed E-state index contributed by atoms with van der Waals surface area (Å²) in [5.74, 6) is 0. The van der Waals surface area contributed by atoms with Gasteiger partial charge < -0.3 is 9.32 Å². The van der Waals surface area contributed by atoms with E-state index in [2.05, 4.69) is 435 Å². The molecular formula is C46H96NOP61. The number of rotatable bonds is 33. The van der Waals surface area contributed by atoms with Gasteiger partial charge >= 0.3 is 0 Å².